The summed E-state index contributed by atoms with van der Waals surface area (Å²) in [6, 6.07) is 13.7. The van der Waals surface area contributed by atoms with Crippen LogP contribution in [0.5, 0.6) is 0 Å². The van der Waals surface area contributed by atoms with Gasteiger partial charge < -0.3 is 4.90 Å². The molecule has 1 atom stereocenters. The summed E-state index contributed by atoms with van der Waals surface area (Å²) in [6.07, 6.45) is 0.544. The molecule has 3 amide bonds. The van der Waals surface area contributed by atoms with Crippen molar-refractivity contribution in [2.45, 2.75) is 25.9 Å². The maximum absolute atomic E-state index is 12.8. The molecule has 2 aliphatic heterocycles. The molecule has 2 aromatic carbocycles. The number of imide groups is 1. The minimum Gasteiger partial charge on any atom is -0.307 e. The molecule has 0 saturated carbocycles. The first-order valence-corrected chi connectivity index (χ1v) is 7.88. The third-order valence-electron chi connectivity index (χ3n) is 4.72. The zero-order valence-electron chi connectivity index (χ0n) is 13.2. The maximum atomic E-state index is 12.8. The van der Waals surface area contributed by atoms with E-state index in [1.807, 2.05) is 24.3 Å². The van der Waals surface area contributed by atoms with E-state index in [2.05, 4.69) is 0 Å². The molecule has 5 heteroatoms. The highest BCUT2D eigenvalue weighted by molar-refractivity contribution is 6.21. The van der Waals surface area contributed by atoms with Crippen molar-refractivity contribution in [3.63, 3.8) is 0 Å². The van der Waals surface area contributed by atoms with Gasteiger partial charge in [0.2, 0.25) is 0 Å². The highest BCUT2D eigenvalue weighted by Gasteiger charge is 2.47. The van der Waals surface area contributed by atoms with Crippen molar-refractivity contribution in [2.24, 2.45) is 0 Å². The minimum absolute atomic E-state index is 0.0477. The summed E-state index contributed by atoms with van der Waals surface area (Å²) < 4.78 is 0. The van der Waals surface area contributed by atoms with Gasteiger partial charge in [0.1, 0.15) is 6.04 Å². The van der Waals surface area contributed by atoms with Gasteiger partial charge in [-0.1, -0.05) is 24.3 Å². The summed E-state index contributed by atoms with van der Waals surface area (Å²) in [5, 5.41) is 0. The first kappa shape index (κ1) is 14.6. The van der Waals surface area contributed by atoms with Gasteiger partial charge in [-0.25, -0.2) is 9.69 Å². The zero-order valence-corrected chi connectivity index (χ0v) is 13.2. The fraction of sp³-hybridized carbons (Fsp3) is 0.211. The van der Waals surface area contributed by atoms with E-state index in [0.717, 1.165) is 11.1 Å². The maximum Gasteiger partial charge on any atom is 0.332 e. The summed E-state index contributed by atoms with van der Waals surface area (Å²) in [5.74, 6) is -0.251. The number of hydrogen-bond acceptors (Lipinski definition) is 3. The summed E-state index contributed by atoms with van der Waals surface area (Å²) in [5.41, 5.74) is 3.27. The smallest absolute Gasteiger partial charge is 0.307 e. The Morgan fingerprint density at radius 1 is 1.00 bits per heavy atom. The van der Waals surface area contributed by atoms with Gasteiger partial charge >= 0.3 is 6.03 Å². The molecule has 2 aromatic rings. The van der Waals surface area contributed by atoms with E-state index in [0.29, 0.717) is 24.2 Å². The van der Waals surface area contributed by atoms with Gasteiger partial charge in [0.05, 0.1) is 5.69 Å². The van der Waals surface area contributed by atoms with E-state index >= 15 is 0 Å². The lowest BCUT2D eigenvalue weighted by atomic mass is 9.95. The molecule has 0 aliphatic carbocycles. The number of urea groups is 1. The second-order valence-corrected chi connectivity index (χ2v) is 6.18. The number of nitrogens with zero attached hydrogens (tertiary/aromatic N) is 2. The lowest BCUT2D eigenvalue weighted by molar-refractivity contribution is -0.120. The molecule has 1 unspecified atom stereocenters. The van der Waals surface area contributed by atoms with E-state index in [1.165, 1.54) is 11.8 Å². The molecular weight excluding hydrogens is 304 g/mol. The van der Waals surface area contributed by atoms with Crippen molar-refractivity contribution in [1.82, 2.24) is 4.90 Å². The van der Waals surface area contributed by atoms with Gasteiger partial charge in [-0.3, -0.25) is 9.59 Å². The molecule has 2 aliphatic rings. The molecule has 2 heterocycles. The molecule has 0 spiro atoms. The topological polar surface area (TPSA) is 57.7 Å². The molecule has 120 valence electrons. The van der Waals surface area contributed by atoms with E-state index in [9.17, 15) is 14.4 Å². The molecule has 4 rings (SSSR count). The van der Waals surface area contributed by atoms with E-state index < -0.39 is 6.04 Å². The zero-order chi connectivity index (χ0) is 16.8. The van der Waals surface area contributed by atoms with Gasteiger partial charge in [-0.05, 0) is 42.3 Å². The Morgan fingerprint density at radius 3 is 2.33 bits per heavy atom. The molecule has 5 nitrogen and oxygen atoms in total. The van der Waals surface area contributed by atoms with Crippen molar-refractivity contribution in [1.29, 1.82) is 0 Å². The largest absolute Gasteiger partial charge is 0.332 e. The van der Waals surface area contributed by atoms with Crippen LogP contribution >= 0.6 is 0 Å². The molecule has 0 N–H and O–H groups in total. The van der Waals surface area contributed by atoms with Crippen molar-refractivity contribution >= 4 is 23.4 Å². The average molecular weight is 320 g/mol. The van der Waals surface area contributed by atoms with Gasteiger partial charge in [-0.15, -0.1) is 0 Å². The Hall–Kier alpha value is -2.95. The number of anilines is 1. The second-order valence-electron chi connectivity index (χ2n) is 6.18. The average Bonchev–Trinajstić information content (AvgIpc) is 2.84. The predicted octanol–water partition coefficient (Wildman–Crippen LogP) is 2.78. The molecule has 24 heavy (non-hydrogen) atoms. The summed E-state index contributed by atoms with van der Waals surface area (Å²) in [4.78, 5) is 39.8. The van der Waals surface area contributed by atoms with E-state index in [1.54, 1.807) is 29.2 Å². The minimum atomic E-state index is -0.445. The van der Waals surface area contributed by atoms with Crippen LogP contribution in [0.2, 0.25) is 0 Å². The molecule has 1 saturated heterocycles. The number of carbonyl (C=O) groups is 3. The van der Waals surface area contributed by atoms with Crippen LogP contribution in [-0.2, 0) is 17.8 Å². The van der Waals surface area contributed by atoms with Crippen molar-refractivity contribution in [2.75, 3.05) is 4.90 Å². The fourth-order valence-corrected chi connectivity index (χ4v) is 3.40. The second kappa shape index (κ2) is 5.30. The summed E-state index contributed by atoms with van der Waals surface area (Å²) in [7, 11) is 0. The normalized spacial score (nSPS) is 19.3. The number of Topliss-reactive ketones (excluding diaryl/α,β-unsaturated/α-hetero) is 1. The SMILES string of the molecule is CC(=O)c1ccc(N2C(=O)C3Cc4ccccc4CN3C2=O)cc1. The van der Waals surface area contributed by atoms with Gasteiger partial charge in [0.15, 0.2) is 5.78 Å². The predicted molar refractivity (Wildman–Crippen MR) is 88.8 cm³/mol. The van der Waals surface area contributed by atoms with Crippen molar-refractivity contribution in [3.05, 3.63) is 65.2 Å². The number of rotatable bonds is 2. The van der Waals surface area contributed by atoms with Crippen LogP contribution in [0.3, 0.4) is 0 Å². The number of ketones is 1. The number of hydrogen-bond donors (Lipinski definition) is 0. The van der Waals surface area contributed by atoms with Crippen LogP contribution in [0.1, 0.15) is 28.4 Å². The van der Waals surface area contributed by atoms with Crippen molar-refractivity contribution < 1.29 is 14.4 Å². The highest BCUT2D eigenvalue weighted by Crippen LogP contribution is 2.32. The third-order valence-corrected chi connectivity index (χ3v) is 4.72. The lowest BCUT2D eigenvalue weighted by Gasteiger charge is -2.28. The van der Waals surface area contributed by atoms with Crippen LogP contribution < -0.4 is 4.90 Å². The number of fused-ring (bicyclic) bond motifs is 2. The first-order valence-electron chi connectivity index (χ1n) is 7.88. The summed E-state index contributed by atoms with van der Waals surface area (Å²) >= 11 is 0. The van der Waals surface area contributed by atoms with Crippen LogP contribution in [0, 0.1) is 0 Å². The van der Waals surface area contributed by atoms with E-state index in [4.69, 9.17) is 0 Å². The Bertz CT molecular complexity index is 814. The third kappa shape index (κ3) is 2.12. The molecule has 0 bridgehead atoms. The Kier molecular flexibility index (Phi) is 3.23. The van der Waals surface area contributed by atoms with Crippen LogP contribution in [-0.4, -0.2) is 28.7 Å². The Balaban J connectivity index is 1.67. The van der Waals surface area contributed by atoms with Gasteiger partial charge in [0.25, 0.3) is 5.91 Å². The Labute approximate surface area is 139 Å². The van der Waals surface area contributed by atoms with Gasteiger partial charge in [0, 0.05) is 18.5 Å². The molecule has 0 radical (unpaired) electrons. The first-order chi connectivity index (χ1) is 11.6. The monoisotopic (exact) mass is 320 g/mol. The lowest BCUT2D eigenvalue weighted by Crippen LogP contribution is -2.39. The number of amides is 3. The van der Waals surface area contributed by atoms with Crippen LogP contribution in [0.25, 0.3) is 0 Å². The Morgan fingerprint density at radius 2 is 1.67 bits per heavy atom. The molecular formula is C19H16N2O3. The van der Waals surface area contributed by atoms with E-state index in [-0.39, 0.29) is 17.7 Å². The standard InChI is InChI=1S/C19H16N2O3/c1-12(22)13-6-8-16(9-7-13)21-18(23)17-10-14-4-2-3-5-15(14)11-20(17)19(21)24/h2-9,17H,10-11H2,1H3. The van der Waals surface area contributed by atoms with Crippen LogP contribution in [0.4, 0.5) is 10.5 Å². The number of benzene rings is 2. The number of carbonyl (C=O) groups excluding carboxylic acids is 3. The fourth-order valence-electron chi connectivity index (χ4n) is 3.40. The van der Waals surface area contributed by atoms with Crippen LogP contribution in [0.15, 0.2) is 48.5 Å². The van der Waals surface area contributed by atoms with Gasteiger partial charge in [-0.2, -0.15) is 0 Å². The van der Waals surface area contributed by atoms with Crippen molar-refractivity contribution in [3.8, 4) is 0 Å². The molecule has 0 aromatic heterocycles. The molecule has 1 fully saturated rings. The quantitative estimate of drug-likeness (QED) is 0.631. The highest BCUT2D eigenvalue weighted by atomic mass is 16.2. The summed E-state index contributed by atoms with van der Waals surface area (Å²) in [6.45, 7) is 1.94.